The highest BCUT2D eigenvalue weighted by atomic mass is 19.4. The standard InChI is InChI=1S/C31H26F12N4/c1-25(2)17-9-7-11-19(44-17)46-13-15(21(28(32,33)34)23(46)30(38,39)40)26(3,4)27(5,6)16-14-47(20-12-8-10-18(25)45-20)24(31(41,42)43)22(16)29(35,36)37/h7-14H,1-6H3. The van der Waals surface area contributed by atoms with E-state index in [1.807, 2.05) is 0 Å². The molecule has 16 heteroatoms. The number of alkyl halides is 12. The molecule has 0 atom stereocenters. The molecule has 47 heavy (non-hydrogen) atoms. The number of hydrogen-bond acceptors (Lipinski definition) is 2. The van der Waals surface area contributed by atoms with Crippen LogP contribution < -0.4 is 0 Å². The fourth-order valence-corrected chi connectivity index (χ4v) is 6.07. The van der Waals surface area contributed by atoms with Crippen molar-refractivity contribution in [3.05, 3.63) is 93.8 Å². The third-order valence-electron chi connectivity index (χ3n) is 9.27. The Hall–Kier alpha value is -3.98. The van der Waals surface area contributed by atoms with Gasteiger partial charge < -0.3 is 0 Å². The molecule has 4 nitrogen and oxygen atoms in total. The molecule has 0 amide bonds. The molecule has 0 saturated heterocycles. The zero-order chi connectivity index (χ0) is 35.5. The lowest BCUT2D eigenvalue weighted by Crippen LogP contribution is -2.42. The highest BCUT2D eigenvalue weighted by molar-refractivity contribution is 5.53. The first kappa shape index (κ1) is 34.4. The van der Waals surface area contributed by atoms with Crippen molar-refractivity contribution >= 4 is 0 Å². The van der Waals surface area contributed by atoms with Crippen molar-refractivity contribution in [2.75, 3.05) is 0 Å². The van der Waals surface area contributed by atoms with Crippen molar-refractivity contribution in [1.82, 2.24) is 19.1 Å². The van der Waals surface area contributed by atoms with Crippen LogP contribution in [0.3, 0.4) is 0 Å². The molecule has 0 spiro atoms. The summed E-state index contributed by atoms with van der Waals surface area (Å²) in [6.07, 6.45) is -21.8. The summed E-state index contributed by atoms with van der Waals surface area (Å²) >= 11 is 0. The van der Waals surface area contributed by atoms with Crippen molar-refractivity contribution in [3.8, 4) is 11.6 Å². The molecule has 0 N–H and O–H groups in total. The molecule has 8 bridgehead atoms. The van der Waals surface area contributed by atoms with E-state index in [1.54, 1.807) is 0 Å². The largest absolute Gasteiger partial charge is 0.432 e. The predicted octanol–water partition coefficient (Wildman–Crippen LogP) is 10.0. The quantitative estimate of drug-likeness (QED) is 0.173. The molecule has 1 aliphatic heterocycles. The molecule has 1 aliphatic rings. The highest BCUT2D eigenvalue weighted by Crippen LogP contribution is 2.56. The van der Waals surface area contributed by atoms with Crippen LogP contribution in [-0.2, 0) is 41.0 Å². The minimum Gasteiger partial charge on any atom is -0.296 e. The van der Waals surface area contributed by atoms with E-state index in [2.05, 4.69) is 9.97 Å². The second-order valence-corrected chi connectivity index (χ2v) is 12.9. The fraction of sp³-hybridized carbons (Fsp3) is 0.419. The van der Waals surface area contributed by atoms with Crippen molar-refractivity contribution in [3.63, 3.8) is 0 Å². The topological polar surface area (TPSA) is 35.6 Å². The molecule has 0 radical (unpaired) electrons. The number of hydrogen-bond donors (Lipinski definition) is 0. The van der Waals surface area contributed by atoms with Crippen LogP contribution in [0.15, 0.2) is 48.8 Å². The maximum atomic E-state index is 14.8. The first-order valence-electron chi connectivity index (χ1n) is 13.9. The van der Waals surface area contributed by atoms with Gasteiger partial charge in [0, 0.05) is 28.6 Å². The van der Waals surface area contributed by atoms with E-state index in [-0.39, 0.29) is 20.5 Å². The number of rotatable bonds is 0. The van der Waals surface area contributed by atoms with Crippen LogP contribution in [0, 0.1) is 0 Å². The average Bonchev–Trinajstić information content (AvgIpc) is 3.54. The third-order valence-corrected chi connectivity index (χ3v) is 9.27. The van der Waals surface area contributed by atoms with E-state index in [1.165, 1.54) is 38.1 Å². The highest BCUT2D eigenvalue weighted by Gasteiger charge is 2.57. The van der Waals surface area contributed by atoms with Crippen LogP contribution in [-0.4, -0.2) is 19.1 Å². The van der Waals surface area contributed by atoms with Crippen LogP contribution in [0.25, 0.3) is 11.6 Å². The first-order valence-corrected chi connectivity index (χ1v) is 13.9. The smallest absolute Gasteiger partial charge is 0.296 e. The van der Waals surface area contributed by atoms with E-state index >= 15 is 0 Å². The Morgan fingerprint density at radius 3 is 1.09 bits per heavy atom. The van der Waals surface area contributed by atoms with Crippen LogP contribution in [0.2, 0.25) is 0 Å². The normalized spacial score (nSPS) is 17.7. The predicted molar refractivity (Wildman–Crippen MR) is 145 cm³/mol. The minimum absolute atomic E-state index is 0.0359. The van der Waals surface area contributed by atoms with Gasteiger partial charge in [-0.05, 0) is 49.2 Å². The van der Waals surface area contributed by atoms with Gasteiger partial charge in [0.15, 0.2) is 0 Å². The summed E-state index contributed by atoms with van der Waals surface area (Å²) in [7, 11) is 0. The molecule has 4 aromatic heterocycles. The summed E-state index contributed by atoms with van der Waals surface area (Å²) in [5, 5.41) is 0. The number of halogens is 12. The van der Waals surface area contributed by atoms with Gasteiger partial charge >= 0.3 is 24.7 Å². The van der Waals surface area contributed by atoms with Gasteiger partial charge in [-0.1, -0.05) is 39.8 Å². The summed E-state index contributed by atoms with van der Waals surface area (Å²) in [6, 6.07) is 7.24. The number of aromatic nitrogens is 4. The number of pyridine rings is 2. The zero-order valence-corrected chi connectivity index (χ0v) is 25.4. The van der Waals surface area contributed by atoms with Gasteiger partial charge in [0.2, 0.25) is 0 Å². The Balaban J connectivity index is 2.08. The lowest BCUT2D eigenvalue weighted by molar-refractivity contribution is -0.166. The zero-order valence-electron chi connectivity index (χ0n) is 25.4. The molecule has 5 rings (SSSR count). The van der Waals surface area contributed by atoms with E-state index in [4.69, 9.17) is 0 Å². The van der Waals surface area contributed by atoms with Crippen molar-refractivity contribution in [2.24, 2.45) is 0 Å². The minimum atomic E-state index is -5.71. The lowest BCUT2D eigenvalue weighted by atomic mass is 9.60. The molecule has 0 saturated carbocycles. The second-order valence-electron chi connectivity index (χ2n) is 12.9. The summed E-state index contributed by atoms with van der Waals surface area (Å²) in [6.45, 7) is 6.73. The van der Waals surface area contributed by atoms with Crippen LogP contribution in [0.4, 0.5) is 52.7 Å². The Morgan fingerprint density at radius 1 is 0.489 bits per heavy atom. The first-order chi connectivity index (χ1) is 21.1. The van der Waals surface area contributed by atoms with Crippen molar-refractivity contribution in [2.45, 2.75) is 82.5 Å². The number of fused-ring (bicyclic) bond motifs is 10. The molecule has 254 valence electrons. The van der Waals surface area contributed by atoms with E-state index in [0.717, 1.165) is 39.8 Å². The maximum absolute atomic E-state index is 14.8. The molecule has 0 fully saturated rings. The fourth-order valence-electron chi connectivity index (χ4n) is 6.07. The maximum Gasteiger partial charge on any atom is 0.432 e. The summed E-state index contributed by atoms with van der Waals surface area (Å²) in [5.74, 6) is -1.17. The Kier molecular flexibility index (Phi) is 7.32. The molecular weight excluding hydrogens is 656 g/mol. The van der Waals surface area contributed by atoms with Gasteiger partial charge in [-0.15, -0.1) is 0 Å². The average molecular weight is 683 g/mol. The summed E-state index contributed by atoms with van der Waals surface area (Å²) < 4.78 is 177. The van der Waals surface area contributed by atoms with E-state index in [0.29, 0.717) is 12.4 Å². The summed E-state index contributed by atoms with van der Waals surface area (Å²) in [4.78, 5) is 8.51. The molecule has 0 unspecified atom stereocenters. The Morgan fingerprint density at radius 2 is 0.809 bits per heavy atom. The molecule has 5 heterocycles. The monoisotopic (exact) mass is 682 g/mol. The van der Waals surface area contributed by atoms with Gasteiger partial charge in [0.1, 0.15) is 23.0 Å². The van der Waals surface area contributed by atoms with Crippen LogP contribution >= 0.6 is 0 Å². The van der Waals surface area contributed by atoms with Gasteiger partial charge in [0.25, 0.3) is 0 Å². The van der Waals surface area contributed by atoms with Crippen molar-refractivity contribution < 1.29 is 52.7 Å². The number of nitrogens with zero attached hydrogens (tertiary/aromatic N) is 4. The molecule has 0 aliphatic carbocycles. The third kappa shape index (κ3) is 5.27. The second kappa shape index (κ2) is 10.0. The van der Waals surface area contributed by atoms with Gasteiger partial charge in [-0.25, -0.2) is 9.97 Å². The van der Waals surface area contributed by atoms with Crippen LogP contribution in [0.1, 0.15) is 86.6 Å². The summed E-state index contributed by atoms with van der Waals surface area (Å²) in [5.41, 5.74) is -17.2. The molecule has 0 aromatic carbocycles. The van der Waals surface area contributed by atoms with Crippen molar-refractivity contribution in [1.29, 1.82) is 0 Å². The van der Waals surface area contributed by atoms with E-state index in [9.17, 15) is 52.7 Å². The van der Waals surface area contributed by atoms with Gasteiger partial charge in [-0.2, -0.15) is 52.7 Å². The molecular formula is C31H26F12N4. The Bertz CT molecular complexity index is 1730. The van der Waals surface area contributed by atoms with E-state index < -0.39 is 86.2 Å². The Labute approximate surface area is 260 Å². The lowest BCUT2D eigenvalue weighted by Gasteiger charge is -2.43. The van der Waals surface area contributed by atoms with Crippen LogP contribution in [0.5, 0.6) is 0 Å². The van der Waals surface area contributed by atoms with Gasteiger partial charge in [-0.3, -0.25) is 9.13 Å². The van der Waals surface area contributed by atoms with Gasteiger partial charge in [0.05, 0.1) is 22.5 Å². The SMILES string of the molecule is CC1(C)c2cccc(n2)-n2cc(c(C(F)(F)F)c2C(F)(F)F)C(C)(C)C(C)(C)c2cn(c(C(F)(F)F)c2C(F)(F)F)-c2cccc1n2. The molecule has 4 aromatic rings.